The first-order valence-electron chi connectivity index (χ1n) is 8.93. The second-order valence-corrected chi connectivity index (χ2v) is 6.84. The third-order valence-corrected chi connectivity index (χ3v) is 4.96. The van der Waals surface area contributed by atoms with Crippen LogP contribution in [0.5, 0.6) is 5.75 Å². The van der Waals surface area contributed by atoms with Gasteiger partial charge in [0, 0.05) is 32.6 Å². The molecule has 0 aliphatic carbocycles. The van der Waals surface area contributed by atoms with Gasteiger partial charge in [0.05, 0.1) is 0 Å². The van der Waals surface area contributed by atoms with Gasteiger partial charge in [-0.3, -0.25) is 4.79 Å². The highest BCUT2D eigenvalue weighted by Gasteiger charge is 2.28. The zero-order valence-electron chi connectivity index (χ0n) is 15.1. The minimum atomic E-state index is 0.0140. The van der Waals surface area contributed by atoms with Crippen molar-refractivity contribution >= 4 is 17.4 Å². The highest BCUT2D eigenvalue weighted by Crippen LogP contribution is 2.24. The van der Waals surface area contributed by atoms with Gasteiger partial charge in [-0.2, -0.15) is 0 Å². The molecule has 0 bridgehead atoms. The molecule has 1 N–H and O–H groups in total. The van der Waals surface area contributed by atoms with E-state index < -0.39 is 0 Å². The molecule has 1 aromatic carbocycles. The monoisotopic (exact) mass is 367 g/mol. The van der Waals surface area contributed by atoms with Gasteiger partial charge in [0.2, 0.25) is 5.91 Å². The molecule has 2 aromatic heterocycles. The number of piperidine rings is 1. The van der Waals surface area contributed by atoms with E-state index in [1.54, 1.807) is 17.0 Å². The average molecular weight is 367 g/mol. The molecule has 140 valence electrons. The number of aromatic hydroxyl groups is 1. The smallest absolute Gasteiger partial charge is 0.225 e. The number of nitrogens with zero attached hydrogens (tertiary/aromatic N) is 7. The summed E-state index contributed by atoms with van der Waals surface area (Å²) in [6.45, 7) is 2.07. The maximum atomic E-state index is 12.8. The number of hydrogen-bond donors (Lipinski definition) is 1. The van der Waals surface area contributed by atoms with Crippen LogP contribution in [0.15, 0.2) is 36.4 Å². The Morgan fingerprint density at radius 1 is 1.19 bits per heavy atom. The summed E-state index contributed by atoms with van der Waals surface area (Å²) in [5.74, 6) is 1.22. The Labute approximate surface area is 156 Å². The fourth-order valence-electron chi connectivity index (χ4n) is 3.43. The van der Waals surface area contributed by atoms with Crippen LogP contribution < -0.4 is 4.90 Å². The third kappa shape index (κ3) is 3.67. The van der Waals surface area contributed by atoms with Gasteiger partial charge in [-0.15, -0.1) is 14.8 Å². The molecule has 1 amide bonds. The molecule has 0 atom stereocenters. The standard InChI is InChI=1S/C18H21N7O2/c1-23(12-13-2-4-15(26)5-3-13)18(27)14-8-10-24(11-9-14)17-7-6-16-19-21-22-25(16)20-17/h2-7,14,26H,8-12H2,1H3. The molecule has 1 saturated heterocycles. The number of phenols is 1. The molecular formula is C18H21N7O2. The number of amides is 1. The van der Waals surface area contributed by atoms with E-state index in [9.17, 15) is 9.90 Å². The molecule has 9 nitrogen and oxygen atoms in total. The Balaban J connectivity index is 1.35. The van der Waals surface area contributed by atoms with Gasteiger partial charge in [-0.05, 0) is 53.1 Å². The number of benzene rings is 1. The van der Waals surface area contributed by atoms with E-state index in [1.165, 1.54) is 4.63 Å². The van der Waals surface area contributed by atoms with E-state index in [0.717, 1.165) is 37.3 Å². The van der Waals surface area contributed by atoms with Crippen molar-refractivity contribution in [2.24, 2.45) is 5.92 Å². The van der Waals surface area contributed by atoms with E-state index in [4.69, 9.17) is 0 Å². The fraction of sp³-hybridized carbons (Fsp3) is 0.389. The summed E-state index contributed by atoms with van der Waals surface area (Å²) in [7, 11) is 1.83. The number of hydrogen-bond acceptors (Lipinski definition) is 7. The molecule has 3 aromatic rings. The first kappa shape index (κ1) is 17.2. The van der Waals surface area contributed by atoms with Gasteiger partial charge in [0.25, 0.3) is 0 Å². The van der Waals surface area contributed by atoms with Gasteiger partial charge < -0.3 is 14.9 Å². The zero-order valence-corrected chi connectivity index (χ0v) is 15.1. The van der Waals surface area contributed by atoms with Gasteiger partial charge in [-0.25, -0.2) is 0 Å². The molecule has 9 heteroatoms. The van der Waals surface area contributed by atoms with Crippen molar-refractivity contribution in [3.05, 3.63) is 42.0 Å². The predicted molar refractivity (Wildman–Crippen MR) is 98.1 cm³/mol. The number of carbonyl (C=O) groups is 1. The zero-order chi connectivity index (χ0) is 18.8. The van der Waals surface area contributed by atoms with Crippen LogP contribution in [0.2, 0.25) is 0 Å². The van der Waals surface area contributed by atoms with Crippen molar-refractivity contribution in [2.75, 3.05) is 25.0 Å². The Kier molecular flexibility index (Phi) is 4.57. The molecule has 0 saturated carbocycles. The summed E-state index contributed by atoms with van der Waals surface area (Å²) in [5.41, 5.74) is 1.61. The van der Waals surface area contributed by atoms with Crippen molar-refractivity contribution in [1.29, 1.82) is 0 Å². The number of tetrazole rings is 1. The maximum Gasteiger partial charge on any atom is 0.225 e. The molecule has 0 spiro atoms. The molecule has 0 radical (unpaired) electrons. The van der Waals surface area contributed by atoms with Crippen molar-refractivity contribution in [3.63, 3.8) is 0 Å². The van der Waals surface area contributed by atoms with Crippen LogP contribution in [0, 0.1) is 5.92 Å². The van der Waals surface area contributed by atoms with Crippen molar-refractivity contribution in [1.82, 2.24) is 30.2 Å². The van der Waals surface area contributed by atoms with Crippen LogP contribution in [0.25, 0.3) is 5.65 Å². The maximum absolute atomic E-state index is 12.8. The number of aromatic nitrogens is 5. The minimum Gasteiger partial charge on any atom is -0.508 e. The Hall–Kier alpha value is -3.23. The van der Waals surface area contributed by atoms with E-state index in [0.29, 0.717) is 12.2 Å². The van der Waals surface area contributed by atoms with Crippen molar-refractivity contribution in [3.8, 4) is 5.75 Å². The number of carbonyl (C=O) groups excluding carboxylic acids is 1. The van der Waals surface area contributed by atoms with Crippen LogP contribution in [0.4, 0.5) is 5.82 Å². The first-order valence-corrected chi connectivity index (χ1v) is 8.93. The van der Waals surface area contributed by atoms with Crippen LogP contribution in [0.1, 0.15) is 18.4 Å². The molecular weight excluding hydrogens is 346 g/mol. The van der Waals surface area contributed by atoms with E-state index in [1.807, 2.05) is 31.3 Å². The highest BCUT2D eigenvalue weighted by atomic mass is 16.3. The van der Waals surface area contributed by atoms with Gasteiger partial charge in [0.1, 0.15) is 5.75 Å². The van der Waals surface area contributed by atoms with Crippen LogP contribution in [0.3, 0.4) is 0 Å². The lowest BCUT2D eigenvalue weighted by Gasteiger charge is -2.33. The summed E-state index contributed by atoms with van der Waals surface area (Å²) < 4.78 is 1.41. The molecule has 1 aliphatic heterocycles. The van der Waals surface area contributed by atoms with Gasteiger partial charge in [0.15, 0.2) is 11.5 Å². The molecule has 4 rings (SSSR count). The molecule has 27 heavy (non-hydrogen) atoms. The highest BCUT2D eigenvalue weighted by molar-refractivity contribution is 5.79. The number of fused-ring (bicyclic) bond motifs is 1. The normalized spacial score (nSPS) is 15.2. The Bertz CT molecular complexity index is 932. The van der Waals surface area contributed by atoms with Crippen LogP contribution >= 0.6 is 0 Å². The minimum absolute atomic E-state index is 0.0140. The number of anilines is 1. The molecule has 0 unspecified atom stereocenters. The predicted octanol–water partition coefficient (Wildman–Crippen LogP) is 1.10. The summed E-state index contributed by atoms with van der Waals surface area (Å²) in [6, 6.07) is 10.7. The fourth-order valence-corrected chi connectivity index (χ4v) is 3.43. The largest absolute Gasteiger partial charge is 0.508 e. The molecule has 1 aliphatic rings. The molecule has 1 fully saturated rings. The lowest BCUT2D eigenvalue weighted by molar-refractivity contribution is -0.135. The number of rotatable bonds is 4. The summed E-state index contributed by atoms with van der Waals surface area (Å²) >= 11 is 0. The summed E-state index contributed by atoms with van der Waals surface area (Å²) in [5, 5.41) is 25.1. The Morgan fingerprint density at radius 3 is 2.67 bits per heavy atom. The molecule has 3 heterocycles. The van der Waals surface area contributed by atoms with E-state index >= 15 is 0 Å². The van der Waals surface area contributed by atoms with E-state index in [-0.39, 0.29) is 17.6 Å². The number of phenolic OH excluding ortho intramolecular Hbond substituents is 1. The second-order valence-electron chi connectivity index (χ2n) is 6.84. The van der Waals surface area contributed by atoms with Gasteiger partial charge in [-0.1, -0.05) is 12.1 Å². The average Bonchev–Trinajstić information content (AvgIpc) is 3.17. The lowest BCUT2D eigenvalue weighted by Crippen LogP contribution is -2.41. The van der Waals surface area contributed by atoms with Crippen molar-refractivity contribution in [2.45, 2.75) is 19.4 Å². The third-order valence-electron chi connectivity index (χ3n) is 4.96. The topological polar surface area (TPSA) is 99.8 Å². The Morgan fingerprint density at radius 2 is 1.93 bits per heavy atom. The van der Waals surface area contributed by atoms with E-state index in [2.05, 4.69) is 25.5 Å². The summed E-state index contributed by atoms with van der Waals surface area (Å²) in [6.07, 6.45) is 1.57. The SMILES string of the molecule is CN(Cc1ccc(O)cc1)C(=O)C1CCN(c2ccc3nnnn3n2)CC1. The van der Waals surface area contributed by atoms with Crippen LogP contribution in [-0.4, -0.2) is 61.3 Å². The second kappa shape index (κ2) is 7.18. The van der Waals surface area contributed by atoms with Crippen LogP contribution in [-0.2, 0) is 11.3 Å². The quantitative estimate of drug-likeness (QED) is 0.737. The van der Waals surface area contributed by atoms with Crippen molar-refractivity contribution < 1.29 is 9.90 Å². The van der Waals surface area contributed by atoms with Gasteiger partial charge >= 0.3 is 0 Å². The first-order chi connectivity index (χ1) is 13.1. The summed E-state index contributed by atoms with van der Waals surface area (Å²) in [4.78, 5) is 16.7. The lowest BCUT2D eigenvalue weighted by atomic mass is 9.95.